The molecule has 6 rings (SSSR count). The molecule has 7 nitrogen and oxygen atoms in total. The number of hydrogen-bond donors (Lipinski definition) is 0. The molecule has 0 N–H and O–H groups in total. The van der Waals surface area contributed by atoms with Gasteiger partial charge in [0.05, 0.1) is 26.4 Å². The molecule has 60 heavy (non-hydrogen) atoms. The molecule has 1 aliphatic carbocycles. The number of hydrogen-bond acceptors (Lipinski definition) is 6. The lowest BCUT2D eigenvalue weighted by Gasteiger charge is -2.48. The van der Waals surface area contributed by atoms with Gasteiger partial charge in [-0.15, -0.1) is 0 Å². The number of rotatable bonds is 28. The molecular weight excluding hydrogens is 745 g/mol. The zero-order chi connectivity index (χ0) is 41.5. The fourth-order valence-electron chi connectivity index (χ4n) is 8.63. The van der Waals surface area contributed by atoms with Crippen LogP contribution >= 0.6 is 0 Å². The summed E-state index contributed by atoms with van der Waals surface area (Å²) in [6, 6.07) is 42.2. The maximum atomic E-state index is 7.18. The molecule has 0 unspecified atom stereocenters. The van der Waals surface area contributed by atoms with Gasteiger partial charge in [0.1, 0.15) is 30.5 Å². The van der Waals surface area contributed by atoms with Crippen LogP contribution in [0, 0.1) is 0 Å². The van der Waals surface area contributed by atoms with E-state index >= 15 is 0 Å². The van der Waals surface area contributed by atoms with Gasteiger partial charge in [-0.25, -0.2) is 4.99 Å². The van der Waals surface area contributed by atoms with E-state index in [0.717, 1.165) is 48.2 Å². The zero-order valence-corrected chi connectivity index (χ0v) is 36.6. The Hall–Kier alpha value is -4.01. The molecule has 0 aromatic heterocycles. The first kappa shape index (κ1) is 45.5. The Bertz CT molecular complexity index is 1730. The minimum atomic E-state index is -0.498. The number of aliphatic imine (C=N–C) groups is 1. The van der Waals surface area contributed by atoms with Crippen molar-refractivity contribution < 1.29 is 23.7 Å². The van der Waals surface area contributed by atoms with E-state index in [4.69, 9.17) is 28.7 Å². The van der Waals surface area contributed by atoms with Gasteiger partial charge in [0, 0.05) is 13.1 Å². The van der Waals surface area contributed by atoms with Crippen molar-refractivity contribution in [2.45, 2.75) is 167 Å². The molecule has 1 heterocycles. The summed E-state index contributed by atoms with van der Waals surface area (Å²) in [6.45, 7) is 7.82. The molecule has 2 fully saturated rings. The number of ether oxygens (including phenoxy) is 5. The normalized spacial score (nSPS) is 21.9. The summed E-state index contributed by atoms with van der Waals surface area (Å²) < 4.78 is 35.6. The van der Waals surface area contributed by atoms with Crippen LogP contribution in [0.25, 0.3) is 0 Å². The maximum absolute atomic E-state index is 7.18. The molecule has 1 saturated carbocycles. The Balaban J connectivity index is 1.35. The Morgan fingerprint density at radius 1 is 0.433 bits per heavy atom. The van der Waals surface area contributed by atoms with Crippen LogP contribution in [0.5, 0.6) is 0 Å². The predicted molar refractivity (Wildman–Crippen MR) is 244 cm³/mol. The van der Waals surface area contributed by atoms with Gasteiger partial charge in [0.2, 0.25) is 0 Å². The van der Waals surface area contributed by atoms with Crippen molar-refractivity contribution in [2.24, 2.45) is 4.99 Å². The highest BCUT2D eigenvalue weighted by molar-refractivity contribution is 5.77. The second kappa shape index (κ2) is 26.4. The predicted octanol–water partition coefficient (Wildman–Crippen LogP) is 12.3. The van der Waals surface area contributed by atoms with Crippen LogP contribution in [0.2, 0.25) is 0 Å². The van der Waals surface area contributed by atoms with Gasteiger partial charge in [-0.1, -0.05) is 212 Å². The minimum Gasteiger partial charge on any atom is -0.457 e. The van der Waals surface area contributed by atoms with Crippen molar-refractivity contribution in [3.63, 3.8) is 0 Å². The standard InChI is InChI=1S/C53H72N2O5/c1-3-5-7-9-11-13-27-37-54-53-55(38-28-14-12-10-8-6-4-2)47-48(56-39-43-29-19-15-20-30-43)50(57-40-44-31-21-16-22-32-44)52(59-42-46-35-25-18-26-36-46)51(49(47)60-53)58-41-45-33-23-17-24-34-45/h15-26,29-36,47-52H,3-14,27-28,37-42H2,1-2H3/t47-,48+,49+,50-,51+,52+/m1/s1. The Labute approximate surface area is 361 Å². The first-order valence-electron chi connectivity index (χ1n) is 23.3. The number of amidine groups is 1. The molecule has 2 aliphatic rings. The van der Waals surface area contributed by atoms with Crippen LogP contribution in [-0.2, 0) is 50.1 Å². The van der Waals surface area contributed by atoms with Gasteiger partial charge in [-0.05, 0) is 35.1 Å². The van der Waals surface area contributed by atoms with Crippen LogP contribution in [0.1, 0.15) is 126 Å². The van der Waals surface area contributed by atoms with Gasteiger partial charge in [-0.3, -0.25) is 0 Å². The molecule has 0 spiro atoms. The van der Waals surface area contributed by atoms with E-state index in [1.807, 2.05) is 18.2 Å². The molecule has 6 atom stereocenters. The van der Waals surface area contributed by atoms with Gasteiger partial charge in [0.25, 0.3) is 6.02 Å². The third-order valence-electron chi connectivity index (χ3n) is 12.0. The first-order chi connectivity index (χ1) is 29.7. The number of unbranched alkanes of at least 4 members (excludes halogenated alkanes) is 12. The number of nitrogens with zero attached hydrogens (tertiary/aromatic N) is 2. The molecule has 0 amide bonds. The lowest BCUT2D eigenvalue weighted by Crippen LogP contribution is -2.67. The van der Waals surface area contributed by atoms with E-state index in [2.05, 4.69) is 122 Å². The highest BCUT2D eigenvalue weighted by Crippen LogP contribution is 2.40. The second-order valence-electron chi connectivity index (χ2n) is 16.7. The first-order valence-corrected chi connectivity index (χ1v) is 23.3. The summed E-state index contributed by atoms with van der Waals surface area (Å²) in [5, 5.41) is 0. The molecular formula is C53H72N2O5. The van der Waals surface area contributed by atoms with Crippen molar-refractivity contribution in [1.29, 1.82) is 0 Å². The summed E-state index contributed by atoms with van der Waals surface area (Å²) >= 11 is 0. The topological polar surface area (TPSA) is 61.8 Å². The summed E-state index contributed by atoms with van der Waals surface area (Å²) in [5.74, 6) is 0. The van der Waals surface area contributed by atoms with Crippen LogP contribution < -0.4 is 0 Å². The van der Waals surface area contributed by atoms with Crippen molar-refractivity contribution >= 4 is 6.02 Å². The fraction of sp³-hybridized carbons (Fsp3) is 0.528. The van der Waals surface area contributed by atoms with E-state index < -0.39 is 24.4 Å². The molecule has 324 valence electrons. The Morgan fingerprint density at radius 3 is 1.25 bits per heavy atom. The van der Waals surface area contributed by atoms with E-state index in [1.165, 1.54) is 77.0 Å². The van der Waals surface area contributed by atoms with Crippen molar-refractivity contribution in [3.8, 4) is 0 Å². The van der Waals surface area contributed by atoms with Crippen LogP contribution in [-0.4, -0.2) is 60.6 Å². The zero-order valence-electron chi connectivity index (χ0n) is 36.6. The van der Waals surface area contributed by atoms with Crippen molar-refractivity contribution in [3.05, 3.63) is 144 Å². The van der Waals surface area contributed by atoms with Crippen molar-refractivity contribution in [1.82, 2.24) is 4.90 Å². The molecule has 0 radical (unpaired) electrons. The number of fused-ring (bicyclic) bond motifs is 1. The average Bonchev–Trinajstić information content (AvgIpc) is 3.65. The second-order valence-corrected chi connectivity index (χ2v) is 16.7. The Morgan fingerprint density at radius 2 is 0.800 bits per heavy atom. The van der Waals surface area contributed by atoms with E-state index in [-0.39, 0.29) is 12.1 Å². The van der Waals surface area contributed by atoms with Crippen LogP contribution in [0.4, 0.5) is 0 Å². The maximum Gasteiger partial charge on any atom is 0.288 e. The largest absolute Gasteiger partial charge is 0.457 e. The van der Waals surface area contributed by atoms with Gasteiger partial charge in [0.15, 0.2) is 6.10 Å². The summed E-state index contributed by atoms with van der Waals surface area (Å²) in [7, 11) is 0. The van der Waals surface area contributed by atoms with Crippen molar-refractivity contribution in [2.75, 3.05) is 13.1 Å². The summed E-state index contributed by atoms with van der Waals surface area (Å²) in [6.07, 6.45) is 15.1. The third-order valence-corrected chi connectivity index (χ3v) is 12.0. The fourth-order valence-corrected chi connectivity index (χ4v) is 8.63. The smallest absolute Gasteiger partial charge is 0.288 e. The number of benzene rings is 4. The molecule has 1 aliphatic heterocycles. The SMILES string of the molecule is CCCCCCCCCN=C1O[C@@H]2[C@H](OCc3ccccc3)[C@@H](OCc3ccccc3)[C@H](OCc3ccccc3)[C@@H](OCc3ccccc3)[C@H]2N1CCCCCCCCC. The van der Waals surface area contributed by atoms with E-state index in [0.29, 0.717) is 32.4 Å². The molecule has 4 aromatic carbocycles. The quantitative estimate of drug-likeness (QED) is 0.0532. The minimum absolute atomic E-state index is 0.195. The lowest BCUT2D eigenvalue weighted by atomic mass is 9.81. The highest BCUT2D eigenvalue weighted by Gasteiger charge is 2.60. The monoisotopic (exact) mass is 817 g/mol. The van der Waals surface area contributed by atoms with Gasteiger partial charge >= 0.3 is 0 Å². The van der Waals surface area contributed by atoms with E-state index in [1.54, 1.807) is 0 Å². The Kier molecular flexibility index (Phi) is 20.0. The average molecular weight is 817 g/mol. The molecule has 7 heteroatoms. The van der Waals surface area contributed by atoms with E-state index in [9.17, 15) is 0 Å². The third kappa shape index (κ3) is 14.3. The summed E-state index contributed by atoms with van der Waals surface area (Å²) in [4.78, 5) is 7.70. The summed E-state index contributed by atoms with van der Waals surface area (Å²) in [5.41, 5.74) is 4.41. The van der Waals surface area contributed by atoms with Gasteiger partial charge < -0.3 is 28.6 Å². The highest BCUT2D eigenvalue weighted by atomic mass is 16.6. The van der Waals surface area contributed by atoms with Gasteiger partial charge in [-0.2, -0.15) is 0 Å². The molecule has 0 bridgehead atoms. The van der Waals surface area contributed by atoms with Crippen LogP contribution in [0.15, 0.2) is 126 Å². The molecule has 4 aromatic rings. The van der Waals surface area contributed by atoms with Crippen LogP contribution in [0.3, 0.4) is 0 Å². The lowest BCUT2D eigenvalue weighted by molar-refractivity contribution is -0.245. The molecule has 1 saturated heterocycles.